The minimum atomic E-state index is -4.51. The molecule has 0 unspecified atom stereocenters. The van der Waals surface area contributed by atoms with E-state index >= 15 is 0 Å². The van der Waals surface area contributed by atoms with Crippen LogP contribution in [0, 0.1) is 11.3 Å². The van der Waals surface area contributed by atoms with Crippen LogP contribution in [-0.2, 0) is 19.3 Å². The van der Waals surface area contributed by atoms with Crippen molar-refractivity contribution < 1.29 is 17.9 Å². The topological polar surface area (TPSA) is 93.2 Å². The molecule has 0 N–H and O–H groups in total. The van der Waals surface area contributed by atoms with Crippen LogP contribution in [0.25, 0.3) is 0 Å². The zero-order chi connectivity index (χ0) is 26.1. The lowest BCUT2D eigenvalue weighted by atomic mass is 10.1. The predicted octanol–water partition coefficient (Wildman–Crippen LogP) is 4.36. The Morgan fingerprint density at radius 3 is 2.44 bits per heavy atom. The molecule has 1 aliphatic rings. The van der Waals surface area contributed by atoms with Gasteiger partial charge in [-0.15, -0.1) is 5.10 Å². The number of benzene rings is 1. The summed E-state index contributed by atoms with van der Waals surface area (Å²) in [4.78, 5) is 27.8. The van der Waals surface area contributed by atoms with E-state index in [1.54, 1.807) is 4.90 Å². The molecule has 1 saturated heterocycles. The Kier molecular flexibility index (Phi) is 9.56. The number of nitriles is 1. The normalized spacial score (nSPS) is 14.6. The summed E-state index contributed by atoms with van der Waals surface area (Å²) < 4.78 is 47.9. The van der Waals surface area contributed by atoms with Crippen LogP contribution in [0.3, 0.4) is 0 Å². The van der Waals surface area contributed by atoms with Crippen LogP contribution < -0.4 is 20.9 Å². The van der Waals surface area contributed by atoms with Gasteiger partial charge in [-0.3, -0.25) is 9.36 Å². The van der Waals surface area contributed by atoms with Crippen molar-refractivity contribution in [3.63, 3.8) is 0 Å². The molecule has 0 saturated carbocycles. The van der Waals surface area contributed by atoms with Crippen LogP contribution in [0.2, 0.25) is 0 Å². The second kappa shape index (κ2) is 12.6. The van der Waals surface area contributed by atoms with Crippen molar-refractivity contribution in [2.75, 3.05) is 18.0 Å². The van der Waals surface area contributed by atoms with Crippen molar-refractivity contribution in [3.05, 3.63) is 50.7 Å². The molecule has 2 heterocycles. The lowest BCUT2D eigenvalue weighted by Gasteiger charge is -2.33. The number of hydrogen-bond acceptors (Lipinski definition) is 6. The van der Waals surface area contributed by atoms with Gasteiger partial charge in [0.1, 0.15) is 11.9 Å². The Morgan fingerprint density at radius 1 is 1.08 bits per heavy atom. The van der Waals surface area contributed by atoms with Crippen LogP contribution in [0.4, 0.5) is 19.0 Å². The summed E-state index contributed by atoms with van der Waals surface area (Å²) in [5.74, 6) is -0.0905. The highest BCUT2D eigenvalue weighted by Gasteiger charge is 2.35. The number of nitrogens with zero attached hydrogens (tertiary/aromatic N) is 5. The van der Waals surface area contributed by atoms with Crippen molar-refractivity contribution in [2.45, 2.75) is 83.7 Å². The Hall–Kier alpha value is -3.29. The highest BCUT2D eigenvalue weighted by molar-refractivity contribution is 5.37. The maximum atomic E-state index is 13.3. The number of aryl methyl sites for hydroxylation is 1. The van der Waals surface area contributed by atoms with Crippen LogP contribution in [-0.4, -0.2) is 33.5 Å². The number of piperidine rings is 1. The highest BCUT2D eigenvalue weighted by atomic mass is 19.4. The summed E-state index contributed by atoms with van der Waals surface area (Å²) in [5.41, 5.74) is -1.83. The Labute approximate surface area is 207 Å². The first kappa shape index (κ1) is 27.3. The van der Waals surface area contributed by atoms with E-state index in [2.05, 4.69) is 12.0 Å². The van der Waals surface area contributed by atoms with Crippen molar-refractivity contribution in [2.24, 2.45) is 0 Å². The fourth-order valence-electron chi connectivity index (χ4n) is 4.29. The molecule has 1 fully saturated rings. The van der Waals surface area contributed by atoms with Crippen molar-refractivity contribution in [1.29, 1.82) is 5.26 Å². The van der Waals surface area contributed by atoms with E-state index in [0.29, 0.717) is 32.4 Å². The SMILES string of the molecule is CCCCCCCn1c(=O)c(N2CCC(Oc3ccccc3C(F)(F)F)CC2)nn(CCC#N)c1=O. The van der Waals surface area contributed by atoms with E-state index in [0.717, 1.165) is 36.4 Å². The van der Waals surface area contributed by atoms with E-state index in [1.807, 2.05) is 6.07 Å². The minimum absolute atomic E-state index is 0.0756. The van der Waals surface area contributed by atoms with Crippen LogP contribution in [0.15, 0.2) is 33.9 Å². The second-order valence-corrected chi connectivity index (χ2v) is 8.91. The molecule has 196 valence electrons. The molecule has 2 aromatic rings. The molecule has 0 amide bonds. The number of unbranched alkanes of at least 4 members (excludes halogenated alkanes) is 4. The number of halogens is 3. The summed E-state index contributed by atoms with van der Waals surface area (Å²) in [6.45, 7) is 3.14. The Morgan fingerprint density at radius 2 is 1.78 bits per heavy atom. The molecule has 3 rings (SSSR count). The van der Waals surface area contributed by atoms with Gasteiger partial charge in [-0.25, -0.2) is 9.48 Å². The van der Waals surface area contributed by atoms with E-state index < -0.39 is 29.1 Å². The van der Waals surface area contributed by atoms with Gasteiger partial charge in [-0.05, 0) is 18.6 Å². The van der Waals surface area contributed by atoms with E-state index in [-0.39, 0.29) is 31.1 Å². The zero-order valence-corrected chi connectivity index (χ0v) is 20.5. The number of ether oxygens (including phenoxy) is 1. The van der Waals surface area contributed by atoms with Gasteiger partial charge in [0.05, 0.1) is 24.6 Å². The molecular weight excluding hydrogens is 475 g/mol. The van der Waals surface area contributed by atoms with Gasteiger partial charge >= 0.3 is 11.9 Å². The highest BCUT2D eigenvalue weighted by Crippen LogP contribution is 2.37. The maximum Gasteiger partial charge on any atom is 0.419 e. The van der Waals surface area contributed by atoms with Gasteiger partial charge in [0.25, 0.3) is 5.56 Å². The first-order chi connectivity index (χ1) is 17.3. The predicted molar refractivity (Wildman–Crippen MR) is 129 cm³/mol. The first-order valence-corrected chi connectivity index (χ1v) is 12.4. The third kappa shape index (κ3) is 6.89. The lowest BCUT2D eigenvalue weighted by Crippen LogP contribution is -2.48. The number of para-hydroxylation sites is 1. The average Bonchev–Trinajstić information content (AvgIpc) is 2.85. The fourth-order valence-corrected chi connectivity index (χ4v) is 4.29. The standard InChI is InChI=1S/C25H32F3N5O3/c1-2-3-4-5-8-15-32-23(34)22(30-33(24(32)35)16-9-14-29)31-17-12-19(13-18-31)36-21-11-7-6-10-20(21)25(26,27)28/h6-7,10-11,19H,2-5,8-9,12-13,15-18H2,1H3. The average molecular weight is 508 g/mol. The van der Waals surface area contributed by atoms with Gasteiger partial charge in [0.15, 0.2) is 0 Å². The third-order valence-electron chi connectivity index (χ3n) is 6.25. The molecule has 1 aromatic heterocycles. The molecule has 36 heavy (non-hydrogen) atoms. The molecule has 0 radical (unpaired) electrons. The van der Waals surface area contributed by atoms with Crippen molar-refractivity contribution >= 4 is 5.82 Å². The number of alkyl halides is 3. The molecule has 0 spiro atoms. The van der Waals surface area contributed by atoms with Crippen LogP contribution >= 0.6 is 0 Å². The Balaban J connectivity index is 1.75. The van der Waals surface area contributed by atoms with Gasteiger partial charge < -0.3 is 9.64 Å². The van der Waals surface area contributed by atoms with Gasteiger partial charge in [0.2, 0.25) is 5.82 Å². The monoisotopic (exact) mass is 507 g/mol. The molecule has 0 aliphatic carbocycles. The maximum absolute atomic E-state index is 13.3. The van der Waals surface area contributed by atoms with E-state index in [9.17, 15) is 22.8 Å². The van der Waals surface area contributed by atoms with E-state index in [4.69, 9.17) is 10.00 Å². The summed E-state index contributed by atoms with van der Waals surface area (Å²) in [7, 11) is 0. The van der Waals surface area contributed by atoms with Crippen LogP contribution in [0.1, 0.15) is 63.9 Å². The van der Waals surface area contributed by atoms with Gasteiger partial charge in [-0.1, -0.05) is 44.7 Å². The van der Waals surface area contributed by atoms with Crippen molar-refractivity contribution in [3.8, 4) is 11.8 Å². The number of rotatable bonds is 11. The summed E-state index contributed by atoms with van der Waals surface area (Å²) in [6, 6.07) is 7.10. The van der Waals surface area contributed by atoms with Gasteiger partial charge in [-0.2, -0.15) is 18.4 Å². The molecule has 1 aromatic carbocycles. The van der Waals surface area contributed by atoms with Crippen LogP contribution in [0.5, 0.6) is 5.75 Å². The van der Waals surface area contributed by atoms with E-state index in [1.165, 1.54) is 22.8 Å². The summed E-state index contributed by atoms with van der Waals surface area (Å²) in [5, 5.41) is 13.2. The molecule has 1 aliphatic heterocycles. The summed E-state index contributed by atoms with van der Waals surface area (Å²) >= 11 is 0. The largest absolute Gasteiger partial charge is 0.490 e. The molecule has 8 nitrogen and oxygen atoms in total. The lowest BCUT2D eigenvalue weighted by molar-refractivity contribution is -0.139. The summed E-state index contributed by atoms with van der Waals surface area (Å²) in [6.07, 6.45) is 0.684. The zero-order valence-electron chi connectivity index (χ0n) is 20.5. The minimum Gasteiger partial charge on any atom is -0.490 e. The first-order valence-electron chi connectivity index (χ1n) is 12.4. The Bertz CT molecular complexity index is 1160. The molecular formula is C25H32F3N5O3. The third-order valence-corrected chi connectivity index (χ3v) is 6.25. The fraction of sp³-hybridized carbons (Fsp3) is 0.600. The second-order valence-electron chi connectivity index (χ2n) is 8.91. The number of aromatic nitrogens is 3. The van der Waals surface area contributed by atoms with Gasteiger partial charge in [0, 0.05) is 32.5 Å². The quantitative estimate of drug-likeness (QED) is 0.420. The number of anilines is 1. The molecule has 11 heteroatoms. The number of hydrogen-bond donors (Lipinski definition) is 0. The molecule has 0 atom stereocenters. The molecule has 0 bridgehead atoms. The van der Waals surface area contributed by atoms with Crippen molar-refractivity contribution in [1.82, 2.24) is 14.3 Å². The smallest absolute Gasteiger partial charge is 0.419 e.